The van der Waals surface area contributed by atoms with Gasteiger partial charge in [0.15, 0.2) is 0 Å². The van der Waals surface area contributed by atoms with Crippen molar-refractivity contribution >= 4 is 22.9 Å². The zero-order valence-corrected chi connectivity index (χ0v) is 22.6. The average Bonchev–Trinajstić information content (AvgIpc) is 3.64. The van der Waals surface area contributed by atoms with E-state index in [1.807, 2.05) is 6.92 Å². The van der Waals surface area contributed by atoms with E-state index in [2.05, 4.69) is 30.8 Å². The number of hydrogen-bond donors (Lipinski definition) is 2. The first kappa shape index (κ1) is 27.9. The lowest BCUT2D eigenvalue weighted by molar-refractivity contribution is -0.137. The van der Waals surface area contributed by atoms with Gasteiger partial charge < -0.3 is 15.4 Å². The number of anilines is 1. The van der Waals surface area contributed by atoms with Gasteiger partial charge in [-0.25, -0.2) is 4.68 Å². The van der Waals surface area contributed by atoms with E-state index in [9.17, 15) is 18.0 Å². The molecule has 1 aliphatic rings. The first-order valence-corrected chi connectivity index (χ1v) is 13.6. The van der Waals surface area contributed by atoms with Crippen molar-refractivity contribution in [3.8, 4) is 16.3 Å². The third-order valence-corrected chi connectivity index (χ3v) is 7.31. The topological polar surface area (TPSA) is 97.2 Å². The molecular formula is C27H28F3N7O2S. The molecule has 2 aromatic heterocycles. The molecule has 40 heavy (non-hydrogen) atoms. The van der Waals surface area contributed by atoms with Gasteiger partial charge in [0.05, 0.1) is 41.0 Å². The van der Waals surface area contributed by atoms with Crippen LogP contribution in [-0.4, -0.2) is 70.2 Å². The van der Waals surface area contributed by atoms with Gasteiger partial charge in [0.25, 0.3) is 5.91 Å². The lowest BCUT2D eigenvalue weighted by Crippen LogP contribution is -2.40. The maximum Gasteiger partial charge on any atom is 0.416 e. The SMILES string of the molecule is Cc1ccc(C(=O)Nc2cc(CNCCN3CCOCC3)cc(C(F)(F)F)c2)cc1-n1cc(-c2cncs2)nn1. The van der Waals surface area contributed by atoms with Crippen LogP contribution < -0.4 is 10.6 Å². The van der Waals surface area contributed by atoms with Crippen LogP contribution in [0.5, 0.6) is 0 Å². The third kappa shape index (κ3) is 6.91. The molecule has 4 aromatic rings. The molecule has 0 unspecified atom stereocenters. The Morgan fingerprint density at radius 3 is 2.73 bits per heavy atom. The second-order valence-corrected chi connectivity index (χ2v) is 10.3. The van der Waals surface area contributed by atoms with Crippen molar-refractivity contribution < 1.29 is 22.7 Å². The van der Waals surface area contributed by atoms with Gasteiger partial charge in [-0.05, 0) is 48.4 Å². The number of benzene rings is 2. The summed E-state index contributed by atoms with van der Waals surface area (Å²) in [5, 5.41) is 14.2. The highest BCUT2D eigenvalue weighted by molar-refractivity contribution is 7.13. The molecule has 210 valence electrons. The van der Waals surface area contributed by atoms with Crippen molar-refractivity contribution in [3.05, 3.63) is 76.6 Å². The predicted molar refractivity (Wildman–Crippen MR) is 146 cm³/mol. The molecule has 9 nitrogen and oxygen atoms in total. The molecule has 0 bridgehead atoms. The minimum Gasteiger partial charge on any atom is -0.379 e. The van der Waals surface area contributed by atoms with Crippen molar-refractivity contribution in [2.24, 2.45) is 0 Å². The number of aromatic nitrogens is 4. The molecule has 0 aliphatic carbocycles. The Balaban J connectivity index is 1.30. The normalized spacial score (nSPS) is 14.4. The van der Waals surface area contributed by atoms with Crippen LogP contribution in [0.4, 0.5) is 18.9 Å². The summed E-state index contributed by atoms with van der Waals surface area (Å²) in [6, 6.07) is 8.63. The zero-order chi connectivity index (χ0) is 28.1. The van der Waals surface area contributed by atoms with Gasteiger partial charge in [0, 0.05) is 50.2 Å². The molecule has 3 heterocycles. The summed E-state index contributed by atoms with van der Waals surface area (Å²) < 4.78 is 47.9. The average molecular weight is 572 g/mol. The second-order valence-electron chi connectivity index (χ2n) is 9.42. The van der Waals surface area contributed by atoms with Gasteiger partial charge in [-0.2, -0.15) is 13.2 Å². The lowest BCUT2D eigenvalue weighted by Gasteiger charge is -2.26. The summed E-state index contributed by atoms with van der Waals surface area (Å²) in [5.74, 6) is -0.533. The van der Waals surface area contributed by atoms with E-state index in [1.54, 1.807) is 46.9 Å². The van der Waals surface area contributed by atoms with Crippen LogP contribution in [0.2, 0.25) is 0 Å². The predicted octanol–water partition coefficient (Wildman–Crippen LogP) is 4.39. The summed E-state index contributed by atoms with van der Waals surface area (Å²) in [4.78, 5) is 20.3. The highest BCUT2D eigenvalue weighted by Crippen LogP contribution is 2.32. The zero-order valence-electron chi connectivity index (χ0n) is 21.7. The van der Waals surface area contributed by atoms with Crippen LogP contribution in [0.25, 0.3) is 16.3 Å². The molecule has 13 heteroatoms. The van der Waals surface area contributed by atoms with E-state index in [4.69, 9.17) is 4.74 Å². The number of morpholine rings is 1. The molecule has 1 saturated heterocycles. The summed E-state index contributed by atoms with van der Waals surface area (Å²) in [5.41, 5.74) is 3.77. The Morgan fingerprint density at radius 2 is 1.98 bits per heavy atom. The number of aryl methyl sites for hydroxylation is 1. The van der Waals surface area contributed by atoms with E-state index in [1.165, 1.54) is 11.3 Å². The molecule has 2 N–H and O–H groups in total. The number of carbonyl (C=O) groups excluding carboxylic acids is 1. The monoisotopic (exact) mass is 571 g/mol. The smallest absolute Gasteiger partial charge is 0.379 e. The molecule has 1 aliphatic heterocycles. The van der Waals surface area contributed by atoms with Crippen LogP contribution in [0.3, 0.4) is 0 Å². The molecule has 0 atom stereocenters. The first-order valence-electron chi connectivity index (χ1n) is 12.7. The highest BCUT2D eigenvalue weighted by atomic mass is 32.1. The number of hydrogen-bond acceptors (Lipinski definition) is 8. The second kappa shape index (κ2) is 12.3. The molecule has 0 spiro atoms. The van der Waals surface area contributed by atoms with Crippen molar-refractivity contribution in [2.45, 2.75) is 19.6 Å². The van der Waals surface area contributed by atoms with Gasteiger partial charge >= 0.3 is 6.18 Å². The largest absolute Gasteiger partial charge is 0.416 e. The van der Waals surface area contributed by atoms with Gasteiger partial charge in [-0.1, -0.05) is 11.3 Å². The lowest BCUT2D eigenvalue weighted by atomic mass is 10.1. The van der Waals surface area contributed by atoms with Crippen LogP contribution in [0.1, 0.15) is 27.0 Å². The number of amides is 1. The summed E-state index contributed by atoms with van der Waals surface area (Å²) in [6.45, 7) is 6.56. The molecule has 1 fully saturated rings. The minimum atomic E-state index is -4.55. The van der Waals surface area contributed by atoms with Crippen molar-refractivity contribution in [1.82, 2.24) is 30.2 Å². The Kier molecular flexibility index (Phi) is 8.54. The number of ether oxygens (including phenoxy) is 1. The maximum absolute atomic E-state index is 13.7. The molecule has 0 radical (unpaired) electrons. The Labute approximate surface area is 233 Å². The summed E-state index contributed by atoms with van der Waals surface area (Å²) >= 11 is 1.43. The van der Waals surface area contributed by atoms with Gasteiger partial charge in [0.1, 0.15) is 5.69 Å². The minimum absolute atomic E-state index is 0.0696. The number of nitrogens with zero attached hydrogens (tertiary/aromatic N) is 5. The maximum atomic E-state index is 13.7. The Bertz CT molecular complexity index is 1450. The molecule has 5 rings (SSSR count). The Morgan fingerprint density at radius 1 is 1.15 bits per heavy atom. The standard InChI is InChI=1S/C27H28F3N7O2S/c1-18-2-3-20(12-24(18)37-16-23(34-35-37)25-15-32-17-40-25)26(38)33-22-11-19(10-21(13-22)27(28,29)30)14-31-4-5-36-6-8-39-9-7-36/h2-3,10-13,15-17,31H,4-9,14H2,1H3,(H,33,38). The molecule has 2 aromatic carbocycles. The van der Waals surface area contributed by atoms with Crippen molar-refractivity contribution in [3.63, 3.8) is 0 Å². The van der Waals surface area contributed by atoms with Gasteiger partial charge in [-0.3, -0.25) is 14.7 Å². The molecule has 1 amide bonds. The van der Waals surface area contributed by atoms with E-state index in [0.717, 1.165) is 42.2 Å². The summed E-state index contributed by atoms with van der Waals surface area (Å²) in [7, 11) is 0. The number of carbonyl (C=O) groups is 1. The fraction of sp³-hybridized carbons (Fsp3) is 0.333. The number of rotatable bonds is 9. The summed E-state index contributed by atoms with van der Waals surface area (Å²) in [6.07, 6.45) is -1.12. The van der Waals surface area contributed by atoms with Crippen LogP contribution in [0.15, 0.2) is 54.3 Å². The van der Waals surface area contributed by atoms with Crippen molar-refractivity contribution in [1.29, 1.82) is 0 Å². The number of thiazole rings is 1. The molecular weight excluding hydrogens is 543 g/mol. The van der Waals surface area contributed by atoms with Crippen LogP contribution in [0, 0.1) is 6.92 Å². The Hall–Kier alpha value is -3.65. The van der Waals surface area contributed by atoms with E-state index in [0.29, 0.717) is 36.7 Å². The number of nitrogens with one attached hydrogen (secondary N) is 2. The third-order valence-electron chi connectivity index (χ3n) is 6.51. The fourth-order valence-electron chi connectivity index (χ4n) is 4.36. The van der Waals surface area contributed by atoms with Crippen LogP contribution in [-0.2, 0) is 17.5 Å². The van der Waals surface area contributed by atoms with Crippen LogP contribution >= 0.6 is 11.3 Å². The van der Waals surface area contributed by atoms with Gasteiger partial charge in [-0.15, -0.1) is 16.4 Å². The van der Waals surface area contributed by atoms with E-state index < -0.39 is 17.6 Å². The highest BCUT2D eigenvalue weighted by Gasteiger charge is 2.31. The first-order chi connectivity index (χ1) is 19.3. The quantitative estimate of drug-likeness (QED) is 0.288. The van der Waals surface area contributed by atoms with E-state index >= 15 is 0 Å². The molecule has 0 saturated carbocycles. The fourth-order valence-corrected chi connectivity index (χ4v) is 4.93. The van der Waals surface area contributed by atoms with E-state index in [-0.39, 0.29) is 17.8 Å². The number of halogens is 3. The van der Waals surface area contributed by atoms with Crippen molar-refractivity contribution in [2.75, 3.05) is 44.7 Å². The number of alkyl halides is 3. The van der Waals surface area contributed by atoms with Gasteiger partial charge in [0.2, 0.25) is 0 Å².